The zero-order valence-corrected chi connectivity index (χ0v) is 10.5. The van der Waals surface area contributed by atoms with Crippen LogP contribution in [0.3, 0.4) is 0 Å². The summed E-state index contributed by atoms with van der Waals surface area (Å²) in [6.45, 7) is 0.0359. The molecule has 0 amide bonds. The normalized spacial score (nSPS) is 13.2. The number of alkyl halides is 3. The average Bonchev–Trinajstić information content (AvgIpc) is 2.45. The molecule has 0 aliphatic carbocycles. The van der Waals surface area contributed by atoms with E-state index in [1.165, 1.54) is 12.1 Å². The number of benzene rings is 2. The van der Waals surface area contributed by atoms with Crippen molar-refractivity contribution in [3.8, 4) is 0 Å². The van der Waals surface area contributed by atoms with Gasteiger partial charge in [-0.2, -0.15) is 13.2 Å². The van der Waals surface area contributed by atoms with Crippen LogP contribution in [0.2, 0.25) is 0 Å². The van der Waals surface area contributed by atoms with Crippen LogP contribution in [0.25, 0.3) is 0 Å². The van der Waals surface area contributed by atoms with Gasteiger partial charge in [0.25, 0.3) is 0 Å². The van der Waals surface area contributed by atoms with Crippen LogP contribution < -0.4 is 0 Å². The van der Waals surface area contributed by atoms with E-state index in [1.54, 1.807) is 24.3 Å². The van der Waals surface area contributed by atoms with Crippen molar-refractivity contribution in [1.82, 2.24) is 0 Å². The zero-order chi connectivity index (χ0) is 14.6. The topological polar surface area (TPSA) is 29.5 Å². The predicted molar refractivity (Wildman–Crippen MR) is 67.6 cm³/mol. The van der Waals surface area contributed by atoms with Gasteiger partial charge in [0.2, 0.25) is 0 Å². The van der Waals surface area contributed by atoms with Crippen LogP contribution >= 0.6 is 0 Å². The highest BCUT2D eigenvalue weighted by Gasteiger charge is 2.29. The van der Waals surface area contributed by atoms with Gasteiger partial charge in [0.1, 0.15) is 0 Å². The Bertz CT molecular complexity index is 535. The molecule has 0 heterocycles. The Labute approximate surface area is 114 Å². The molecule has 0 aromatic heterocycles. The third-order valence-electron chi connectivity index (χ3n) is 2.77. The SMILES string of the molecule is OC(OCc1ccc(C(F)(F)F)cc1)c1ccccc1. The fourth-order valence-electron chi connectivity index (χ4n) is 1.68. The molecule has 1 unspecified atom stereocenters. The van der Waals surface area contributed by atoms with Gasteiger partial charge < -0.3 is 9.84 Å². The van der Waals surface area contributed by atoms with Crippen molar-refractivity contribution in [3.05, 3.63) is 71.3 Å². The van der Waals surface area contributed by atoms with E-state index in [4.69, 9.17) is 4.74 Å². The van der Waals surface area contributed by atoms with Crippen molar-refractivity contribution < 1.29 is 23.0 Å². The maximum absolute atomic E-state index is 12.4. The number of halogens is 3. The first kappa shape index (κ1) is 14.6. The van der Waals surface area contributed by atoms with Gasteiger partial charge in [-0.3, -0.25) is 0 Å². The smallest absolute Gasteiger partial charge is 0.364 e. The van der Waals surface area contributed by atoms with E-state index in [2.05, 4.69) is 0 Å². The Kier molecular flexibility index (Phi) is 4.42. The lowest BCUT2D eigenvalue weighted by Crippen LogP contribution is -2.06. The Morgan fingerprint density at radius 2 is 1.55 bits per heavy atom. The first-order valence-electron chi connectivity index (χ1n) is 5.97. The molecule has 0 aliphatic rings. The Morgan fingerprint density at radius 1 is 0.950 bits per heavy atom. The molecule has 0 radical (unpaired) electrons. The van der Waals surface area contributed by atoms with Crippen molar-refractivity contribution in [2.75, 3.05) is 0 Å². The van der Waals surface area contributed by atoms with Gasteiger partial charge in [-0.05, 0) is 17.7 Å². The molecular weight excluding hydrogens is 269 g/mol. The molecule has 0 saturated heterocycles. The number of hydrogen-bond donors (Lipinski definition) is 1. The van der Waals surface area contributed by atoms with Crippen LogP contribution in [0.4, 0.5) is 13.2 Å². The highest BCUT2D eigenvalue weighted by atomic mass is 19.4. The Balaban J connectivity index is 1.94. The average molecular weight is 282 g/mol. The van der Waals surface area contributed by atoms with E-state index < -0.39 is 18.0 Å². The Morgan fingerprint density at radius 3 is 2.10 bits per heavy atom. The molecule has 0 saturated carbocycles. The summed E-state index contributed by atoms with van der Waals surface area (Å²) in [5, 5.41) is 9.76. The summed E-state index contributed by atoms with van der Waals surface area (Å²) in [7, 11) is 0. The molecule has 1 N–H and O–H groups in total. The van der Waals surface area contributed by atoms with Crippen LogP contribution in [0.1, 0.15) is 23.0 Å². The number of ether oxygens (including phenoxy) is 1. The molecule has 2 nitrogen and oxygen atoms in total. The quantitative estimate of drug-likeness (QED) is 0.861. The van der Waals surface area contributed by atoms with E-state index >= 15 is 0 Å². The van der Waals surface area contributed by atoms with Crippen molar-refractivity contribution in [2.45, 2.75) is 19.1 Å². The van der Waals surface area contributed by atoms with Gasteiger partial charge in [-0.1, -0.05) is 42.5 Å². The molecule has 0 spiro atoms. The lowest BCUT2D eigenvalue weighted by Gasteiger charge is -2.13. The molecule has 2 aromatic rings. The maximum atomic E-state index is 12.4. The standard InChI is InChI=1S/C15H13F3O2/c16-15(17,18)13-8-6-11(7-9-13)10-20-14(19)12-4-2-1-3-5-12/h1-9,14,19H,10H2. The monoisotopic (exact) mass is 282 g/mol. The van der Waals surface area contributed by atoms with Crippen molar-refractivity contribution in [2.24, 2.45) is 0 Å². The van der Waals surface area contributed by atoms with Gasteiger partial charge in [-0.15, -0.1) is 0 Å². The van der Waals surface area contributed by atoms with E-state index in [-0.39, 0.29) is 6.61 Å². The first-order chi connectivity index (χ1) is 9.47. The van der Waals surface area contributed by atoms with Gasteiger partial charge in [-0.25, -0.2) is 0 Å². The van der Waals surface area contributed by atoms with Crippen molar-refractivity contribution in [1.29, 1.82) is 0 Å². The van der Waals surface area contributed by atoms with Crippen LogP contribution in [0.5, 0.6) is 0 Å². The molecule has 0 bridgehead atoms. The van der Waals surface area contributed by atoms with Crippen molar-refractivity contribution >= 4 is 0 Å². The highest BCUT2D eigenvalue weighted by Crippen LogP contribution is 2.29. The summed E-state index contributed by atoms with van der Waals surface area (Å²) in [4.78, 5) is 0. The third kappa shape index (κ3) is 3.82. The zero-order valence-electron chi connectivity index (χ0n) is 10.5. The van der Waals surface area contributed by atoms with Gasteiger partial charge in [0, 0.05) is 5.56 Å². The summed E-state index contributed by atoms with van der Waals surface area (Å²) in [5.74, 6) is 0. The van der Waals surface area contributed by atoms with Crippen LogP contribution in [0, 0.1) is 0 Å². The van der Waals surface area contributed by atoms with Gasteiger partial charge in [0.15, 0.2) is 6.29 Å². The third-order valence-corrected chi connectivity index (χ3v) is 2.77. The van der Waals surface area contributed by atoms with E-state index in [9.17, 15) is 18.3 Å². The number of rotatable bonds is 4. The van der Waals surface area contributed by atoms with Crippen molar-refractivity contribution in [3.63, 3.8) is 0 Å². The highest BCUT2D eigenvalue weighted by molar-refractivity contribution is 5.24. The molecule has 5 heteroatoms. The minimum absolute atomic E-state index is 0.0359. The summed E-state index contributed by atoms with van der Waals surface area (Å²) in [5.41, 5.74) is 0.456. The molecule has 106 valence electrons. The fraction of sp³-hybridized carbons (Fsp3) is 0.200. The number of hydrogen-bond acceptors (Lipinski definition) is 2. The van der Waals surface area contributed by atoms with Gasteiger partial charge in [0.05, 0.1) is 12.2 Å². The lowest BCUT2D eigenvalue weighted by atomic mass is 10.1. The molecule has 1 atom stereocenters. The molecular formula is C15H13F3O2. The second-order valence-electron chi connectivity index (χ2n) is 4.27. The molecule has 2 rings (SSSR count). The van der Waals surface area contributed by atoms with Gasteiger partial charge >= 0.3 is 6.18 Å². The largest absolute Gasteiger partial charge is 0.416 e. The first-order valence-corrected chi connectivity index (χ1v) is 5.97. The lowest BCUT2D eigenvalue weighted by molar-refractivity contribution is -0.137. The summed E-state index contributed by atoms with van der Waals surface area (Å²) >= 11 is 0. The van der Waals surface area contributed by atoms with E-state index in [0.717, 1.165) is 12.1 Å². The van der Waals surface area contributed by atoms with Crippen LogP contribution in [-0.2, 0) is 17.5 Å². The summed E-state index contributed by atoms with van der Waals surface area (Å²) in [6, 6.07) is 13.4. The number of aliphatic hydroxyl groups excluding tert-OH is 1. The molecule has 0 aliphatic heterocycles. The fourth-order valence-corrected chi connectivity index (χ4v) is 1.68. The molecule has 20 heavy (non-hydrogen) atoms. The minimum Gasteiger partial charge on any atom is -0.364 e. The maximum Gasteiger partial charge on any atom is 0.416 e. The molecule has 0 fully saturated rings. The second-order valence-corrected chi connectivity index (χ2v) is 4.27. The van der Waals surface area contributed by atoms with E-state index in [0.29, 0.717) is 11.1 Å². The summed E-state index contributed by atoms with van der Waals surface area (Å²) < 4.78 is 42.4. The summed E-state index contributed by atoms with van der Waals surface area (Å²) in [6.07, 6.45) is -5.44. The van der Waals surface area contributed by atoms with E-state index in [1.807, 2.05) is 6.07 Å². The molecule has 2 aromatic carbocycles. The minimum atomic E-state index is -4.34. The second kappa shape index (κ2) is 6.07. The Hall–Kier alpha value is -1.85. The predicted octanol–water partition coefficient (Wildman–Crippen LogP) is 3.91. The van der Waals surface area contributed by atoms with Crippen LogP contribution in [-0.4, -0.2) is 5.11 Å². The van der Waals surface area contributed by atoms with Crippen LogP contribution in [0.15, 0.2) is 54.6 Å². The number of aliphatic hydroxyl groups is 1.